The molecule has 2 aromatic carbocycles. The van der Waals surface area contributed by atoms with E-state index in [4.69, 9.17) is 4.18 Å². The van der Waals surface area contributed by atoms with Crippen LogP contribution in [-0.2, 0) is 16.7 Å². The molecule has 0 aromatic heterocycles. The molecule has 0 aliphatic carbocycles. The van der Waals surface area contributed by atoms with Crippen LogP contribution >= 0.6 is 0 Å². The highest BCUT2D eigenvalue weighted by molar-refractivity contribution is 7.87. The first kappa shape index (κ1) is 21.8. The Kier molecular flexibility index (Phi) is 7.45. The van der Waals surface area contributed by atoms with Crippen LogP contribution in [0.2, 0.25) is 0 Å². The zero-order chi connectivity index (χ0) is 20.7. The van der Waals surface area contributed by atoms with Crippen molar-refractivity contribution in [3.05, 3.63) is 59.7 Å². The van der Waals surface area contributed by atoms with Crippen molar-refractivity contribution in [2.24, 2.45) is 0 Å². The average molecular weight is 405 g/mol. The van der Waals surface area contributed by atoms with Crippen LogP contribution in [0.3, 0.4) is 0 Å². The summed E-state index contributed by atoms with van der Waals surface area (Å²) < 4.78 is 28.1. The highest BCUT2D eigenvalue weighted by atomic mass is 32.2. The van der Waals surface area contributed by atoms with Crippen molar-refractivity contribution in [1.29, 1.82) is 0 Å². The quantitative estimate of drug-likeness (QED) is 0.655. The van der Waals surface area contributed by atoms with Crippen LogP contribution in [0, 0.1) is 6.92 Å². The third-order valence-corrected chi connectivity index (χ3v) is 5.69. The second kappa shape index (κ2) is 9.59. The lowest BCUT2D eigenvalue weighted by Crippen LogP contribution is -2.40. The molecular formula is C21H28N2O4S. The van der Waals surface area contributed by atoms with Gasteiger partial charge in [-0.3, -0.25) is 0 Å². The highest BCUT2D eigenvalue weighted by Gasteiger charge is 2.19. The average Bonchev–Trinajstić information content (AvgIpc) is 2.68. The van der Waals surface area contributed by atoms with E-state index in [1.807, 2.05) is 45.0 Å². The van der Waals surface area contributed by atoms with E-state index in [-0.39, 0.29) is 23.6 Å². The van der Waals surface area contributed by atoms with Crippen molar-refractivity contribution in [2.75, 3.05) is 11.1 Å². The molecule has 0 aliphatic heterocycles. The van der Waals surface area contributed by atoms with Crippen LogP contribution in [0.25, 0.3) is 0 Å². The molecule has 2 amide bonds. The molecular weight excluding hydrogens is 376 g/mol. The van der Waals surface area contributed by atoms with Gasteiger partial charge in [0.1, 0.15) is 5.75 Å². The van der Waals surface area contributed by atoms with Gasteiger partial charge in [-0.25, -0.2) is 4.79 Å². The number of aryl methyl sites for hydroxylation is 1. The van der Waals surface area contributed by atoms with Crippen molar-refractivity contribution in [3.8, 4) is 5.75 Å². The first-order valence-electron chi connectivity index (χ1n) is 9.39. The molecule has 0 bridgehead atoms. The Morgan fingerprint density at radius 2 is 1.68 bits per heavy atom. The van der Waals surface area contributed by atoms with E-state index in [1.54, 1.807) is 29.2 Å². The van der Waals surface area contributed by atoms with E-state index in [2.05, 4.69) is 5.32 Å². The summed E-state index contributed by atoms with van der Waals surface area (Å²) in [5, 5.41) is 2.94. The summed E-state index contributed by atoms with van der Waals surface area (Å²) in [4.78, 5) is 14.6. The number of rotatable bonds is 8. The Bertz CT molecular complexity index is 878. The van der Waals surface area contributed by atoms with Gasteiger partial charge in [0.25, 0.3) is 0 Å². The highest BCUT2D eigenvalue weighted by Crippen LogP contribution is 2.19. The number of nitrogens with one attached hydrogen (secondary N) is 1. The number of benzene rings is 2. The van der Waals surface area contributed by atoms with Gasteiger partial charge < -0.3 is 14.4 Å². The first-order valence-corrected chi connectivity index (χ1v) is 11.0. The van der Waals surface area contributed by atoms with E-state index in [9.17, 15) is 13.2 Å². The third kappa shape index (κ3) is 6.27. The predicted octanol–water partition coefficient (Wildman–Crippen LogP) is 4.56. The Hall–Kier alpha value is -2.54. The minimum absolute atomic E-state index is 0.0434. The molecule has 0 heterocycles. The summed E-state index contributed by atoms with van der Waals surface area (Å²) in [5.41, 5.74) is 2.77. The standard InChI is InChI=1S/C21H28N2O4S/c1-5-17(4)23(21(24)22-19-11-7-16(3)8-12-19)15-18-9-13-20(14-10-18)27-28(25,26)6-2/h7-14,17H,5-6,15H2,1-4H3,(H,22,24)/t17-/m0/s1. The van der Waals surface area contributed by atoms with E-state index in [1.165, 1.54) is 6.92 Å². The second-order valence-electron chi connectivity index (χ2n) is 6.75. The normalized spacial score (nSPS) is 12.3. The number of carbonyl (C=O) groups excluding carboxylic acids is 1. The smallest absolute Gasteiger partial charge is 0.322 e. The van der Waals surface area contributed by atoms with E-state index >= 15 is 0 Å². The Labute approximate surface area is 167 Å². The van der Waals surface area contributed by atoms with Crippen LogP contribution in [0.1, 0.15) is 38.3 Å². The maximum Gasteiger partial charge on any atom is 0.322 e. The fourth-order valence-corrected chi connectivity index (χ4v) is 3.06. The monoisotopic (exact) mass is 404 g/mol. The van der Waals surface area contributed by atoms with Crippen LogP contribution in [0.4, 0.5) is 10.5 Å². The number of anilines is 1. The topological polar surface area (TPSA) is 75.7 Å². The number of nitrogens with zero attached hydrogens (tertiary/aromatic N) is 1. The molecule has 0 spiro atoms. The minimum atomic E-state index is -3.55. The largest absolute Gasteiger partial charge is 0.382 e. The summed E-state index contributed by atoms with van der Waals surface area (Å²) in [6, 6.07) is 14.3. The van der Waals surface area contributed by atoms with Gasteiger partial charge in [-0.15, -0.1) is 0 Å². The molecule has 7 heteroatoms. The lowest BCUT2D eigenvalue weighted by atomic mass is 10.1. The molecule has 0 aliphatic rings. The van der Waals surface area contributed by atoms with Crippen molar-refractivity contribution in [3.63, 3.8) is 0 Å². The van der Waals surface area contributed by atoms with Crippen LogP contribution in [-0.4, -0.2) is 31.1 Å². The molecule has 2 aromatic rings. The molecule has 0 saturated carbocycles. The molecule has 152 valence electrons. The lowest BCUT2D eigenvalue weighted by Gasteiger charge is -2.29. The van der Waals surface area contributed by atoms with Gasteiger partial charge in [0.2, 0.25) is 0 Å². The maximum absolute atomic E-state index is 12.8. The third-order valence-electron chi connectivity index (χ3n) is 4.54. The Morgan fingerprint density at radius 3 is 2.21 bits per heavy atom. The van der Waals surface area contributed by atoms with Crippen LogP contribution in [0.5, 0.6) is 5.75 Å². The first-order chi connectivity index (χ1) is 13.2. The summed E-state index contributed by atoms with van der Waals surface area (Å²) in [5.74, 6) is 0.181. The number of urea groups is 1. The Balaban J connectivity index is 2.11. The van der Waals surface area contributed by atoms with E-state index in [0.29, 0.717) is 6.54 Å². The van der Waals surface area contributed by atoms with Gasteiger partial charge in [0, 0.05) is 18.3 Å². The van der Waals surface area contributed by atoms with Crippen molar-refractivity contribution < 1.29 is 17.4 Å². The SMILES string of the molecule is CC[C@H](C)N(Cc1ccc(OS(=O)(=O)CC)cc1)C(=O)Nc1ccc(C)cc1. The molecule has 0 radical (unpaired) electrons. The molecule has 0 fully saturated rings. The Morgan fingerprint density at radius 1 is 1.07 bits per heavy atom. The number of carbonyl (C=O) groups is 1. The van der Waals surface area contributed by atoms with Crippen LogP contribution < -0.4 is 9.50 Å². The number of amides is 2. The van der Waals surface area contributed by atoms with Crippen molar-refractivity contribution in [1.82, 2.24) is 4.90 Å². The molecule has 2 rings (SSSR count). The summed E-state index contributed by atoms with van der Waals surface area (Å²) in [6.45, 7) is 7.97. The lowest BCUT2D eigenvalue weighted by molar-refractivity contribution is 0.187. The van der Waals surface area contributed by atoms with Gasteiger partial charge in [0.15, 0.2) is 0 Å². The van der Waals surface area contributed by atoms with Crippen molar-refractivity contribution >= 4 is 21.8 Å². The predicted molar refractivity (Wildman–Crippen MR) is 112 cm³/mol. The van der Waals surface area contributed by atoms with Gasteiger partial charge in [-0.2, -0.15) is 8.42 Å². The summed E-state index contributed by atoms with van der Waals surface area (Å²) in [7, 11) is -3.55. The molecule has 0 saturated heterocycles. The fourth-order valence-electron chi connectivity index (χ4n) is 2.53. The molecule has 28 heavy (non-hydrogen) atoms. The number of hydrogen-bond donors (Lipinski definition) is 1. The van der Waals surface area contributed by atoms with E-state index < -0.39 is 10.1 Å². The second-order valence-corrected chi connectivity index (χ2v) is 8.61. The maximum atomic E-state index is 12.8. The van der Waals surface area contributed by atoms with Gasteiger partial charge >= 0.3 is 16.1 Å². The van der Waals surface area contributed by atoms with Crippen molar-refractivity contribution in [2.45, 2.75) is 46.7 Å². The fraction of sp³-hybridized carbons (Fsp3) is 0.381. The van der Waals surface area contributed by atoms with E-state index in [0.717, 1.165) is 23.2 Å². The number of hydrogen-bond acceptors (Lipinski definition) is 4. The zero-order valence-corrected chi connectivity index (χ0v) is 17.6. The van der Waals surface area contributed by atoms with Gasteiger partial charge in [0.05, 0.1) is 5.75 Å². The van der Waals surface area contributed by atoms with Gasteiger partial charge in [-0.1, -0.05) is 36.8 Å². The summed E-state index contributed by atoms with van der Waals surface area (Å²) in [6.07, 6.45) is 0.817. The minimum Gasteiger partial charge on any atom is -0.382 e. The molecule has 6 nitrogen and oxygen atoms in total. The summed E-state index contributed by atoms with van der Waals surface area (Å²) >= 11 is 0. The molecule has 1 N–H and O–H groups in total. The molecule has 1 atom stereocenters. The zero-order valence-electron chi connectivity index (χ0n) is 16.8. The molecule has 0 unspecified atom stereocenters. The van der Waals surface area contributed by atoms with Crippen LogP contribution in [0.15, 0.2) is 48.5 Å². The van der Waals surface area contributed by atoms with Gasteiger partial charge in [-0.05, 0) is 57.0 Å².